The number of ether oxygens (including phenoxy) is 1. The molecule has 8 heteroatoms. The quantitative estimate of drug-likeness (QED) is 0.811. The standard InChI is InChI=1S/C12H14F2O5S/c1-7(2)19-5-6-20(17,18)9-4-3-8(13)10(11(9)14)12(15)16/h3-4,7H,5-6H2,1-2H3,(H,15,16). The summed E-state index contributed by atoms with van der Waals surface area (Å²) in [7, 11) is -4.09. The maximum absolute atomic E-state index is 13.8. The highest BCUT2D eigenvalue weighted by Gasteiger charge is 2.26. The second-order valence-corrected chi connectivity index (χ2v) is 6.36. The number of hydrogen-bond donors (Lipinski definition) is 1. The van der Waals surface area contributed by atoms with Crippen LogP contribution in [0.4, 0.5) is 8.78 Å². The van der Waals surface area contributed by atoms with Gasteiger partial charge in [-0.1, -0.05) is 0 Å². The minimum Gasteiger partial charge on any atom is -0.477 e. The SMILES string of the molecule is CC(C)OCCS(=O)(=O)c1ccc(F)c(C(=O)O)c1F. The lowest BCUT2D eigenvalue weighted by Gasteiger charge is -2.10. The van der Waals surface area contributed by atoms with Gasteiger partial charge in [0, 0.05) is 0 Å². The van der Waals surface area contributed by atoms with Crippen LogP contribution in [0.5, 0.6) is 0 Å². The Balaban J connectivity index is 3.13. The highest BCUT2D eigenvalue weighted by atomic mass is 32.2. The van der Waals surface area contributed by atoms with E-state index in [0.717, 1.165) is 0 Å². The number of sulfone groups is 1. The molecule has 1 aromatic rings. The third-order valence-corrected chi connectivity index (χ3v) is 4.10. The van der Waals surface area contributed by atoms with Gasteiger partial charge in [-0.05, 0) is 26.0 Å². The zero-order valence-electron chi connectivity index (χ0n) is 10.9. The Morgan fingerprint density at radius 2 is 1.95 bits per heavy atom. The molecule has 0 heterocycles. The third-order valence-electron chi connectivity index (χ3n) is 2.41. The Kier molecular flexibility index (Phi) is 5.18. The van der Waals surface area contributed by atoms with E-state index in [4.69, 9.17) is 9.84 Å². The van der Waals surface area contributed by atoms with Gasteiger partial charge in [0.1, 0.15) is 16.3 Å². The summed E-state index contributed by atoms with van der Waals surface area (Å²) < 4.78 is 55.8. The molecule has 0 aliphatic heterocycles. The van der Waals surface area contributed by atoms with Crippen LogP contribution in [0.3, 0.4) is 0 Å². The van der Waals surface area contributed by atoms with Crippen LogP contribution in [0.1, 0.15) is 24.2 Å². The molecule has 20 heavy (non-hydrogen) atoms. The van der Waals surface area contributed by atoms with Crippen molar-refractivity contribution in [3.8, 4) is 0 Å². The Labute approximate surface area is 115 Å². The predicted octanol–water partition coefficient (Wildman–Crippen LogP) is 1.86. The molecule has 1 aromatic carbocycles. The maximum Gasteiger partial charge on any atom is 0.341 e. The summed E-state index contributed by atoms with van der Waals surface area (Å²) in [5.74, 6) is -5.31. The van der Waals surface area contributed by atoms with Crippen LogP contribution in [0, 0.1) is 11.6 Å². The minimum atomic E-state index is -4.09. The molecule has 1 N–H and O–H groups in total. The van der Waals surface area contributed by atoms with Gasteiger partial charge < -0.3 is 9.84 Å². The zero-order valence-corrected chi connectivity index (χ0v) is 11.7. The highest BCUT2D eigenvalue weighted by Crippen LogP contribution is 2.22. The first-order valence-corrected chi connectivity index (χ1v) is 7.37. The minimum absolute atomic E-state index is 0.167. The molecule has 0 aromatic heterocycles. The van der Waals surface area contributed by atoms with Gasteiger partial charge in [0.25, 0.3) is 0 Å². The zero-order chi connectivity index (χ0) is 15.5. The second-order valence-electron chi connectivity index (χ2n) is 4.28. The van der Waals surface area contributed by atoms with Crippen LogP contribution >= 0.6 is 0 Å². The van der Waals surface area contributed by atoms with Crippen LogP contribution in [0.25, 0.3) is 0 Å². The average molecular weight is 308 g/mol. The van der Waals surface area contributed by atoms with E-state index in [1.807, 2.05) is 0 Å². The van der Waals surface area contributed by atoms with Gasteiger partial charge in [-0.3, -0.25) is 0 Å². The first-order chi connectivity index (χ1) is 9.16. The first-order valence-electron chi connectivity index (χ1n) is 5.72. The number of carboxylic acids is 1. The van der Waals surface area contributed by atoms with Crippen LogP contribution < -0.4 is 0 Å². The van der Waals surface area contributed by atoms with Crippen molar-refractivity contribution in [2.75, 3.05) is 12.4 Å². The van der Waals surface area contributed by atoms with E-state index in [0.29, 0.717) is 12.1 Å². The number of benzene rings is 1. The first kappa shape index (κ1) is 16.5. The topological polar surface area (TPSA) is 80.7 Å². The van der Waals surface area contributed by atoms with Gasteiger partial charge in [-0.2, -0.15) is 0 Å². The van der Waals surface area contributed by atoms with Gasteiger partial charge >= 0.3 is 5.97 Å². The molecule has 0 atom stereocenters. The largest absolute Gasteiger partial charge is 0.477 e. The molecule has 5 nitrogen and oxygen atoms in total. The molecular formula is C12H14F2O5S. The molecule has 0 saturated heterocycles. The summed E-state index contributed by atoms with van der Waals surface area (Å²) in [5, 5.41) is 8.69. The average Bonchev–Trinajstić information content (AvgIpc) is 2.26. The molecule has 0 aliphatic carbocycles. The lowest BCUT2D eigenvalue weighted by Crippen LogP contribution is -2.18. The van der Waals surface area contributed by atoms with E-state index < -0.39 is 43.7 Å². The summed E-state index contributed by atoms with van der Waals surface area (Å²) in [4.78, 5) is 9.88. The molecule has 1 rings (SSSR count). The number of aromatic carboxylic acids is 1. The molecule has 112 valence electrons. The van der Waals surface area contributed by atoms with Crippen LogP contribution in [0.15, 0.2) is 17.0 Å². The molecule has 0 aliphatic rings. The summed E-state index contributed by atoms with van der Waals surface area (Å²) in [6.07, 6.45) is -0.196. The van der Waals surface area contributed by atoms with E-state index in [2.05, 4.69) is 0 Å². The van der Waals surface area contributed by atoms with Crippen molar-refractivity contribution >= 4 is 15.8 Å². The van der Waals surface area contributed by atoms with E-state index in [9.17, 15) is 22.0 Å². The number of rotatable bonds is 6. The Bertz CT molecular complexity index is 611. The van der Waals surface area contributed by atoms with E-state index in [-0.39, 0.29) is 12.7 Å². The number of carbonyl (C=O) groups is 1. The fourth-order valence-corrected chi connectivity index (χ4v) is 2.66. The molecule has 0 bridgehead atoms. The molecular weight excluding hydrogens is 294 g/mol. The van der Waals surface area contributed by atoms with Crippen LogP contribution in [-0.2, 0) is 14.6 Å². The highest BCUT2D eigenvalue weighted by molar-refractivity contribution is 7.91. The van der Waals surface area contributed by atoms with Gasteiger partial charge in [0.2, 0.25) is 0 Å². The lowest BCUT2D eigenvalue weighted by molar-refractivity contribution is 0.0685. The number of carboxylic acid groups (broad SMARTS) is 1. The van der Waals surface area contributed by atoms with Crippen molar-refractivity contribution in [1.82, 2.24) is 0 Å². The monoisotopic (exact) mass is 308 g/mol. The van der Waals surface area contributed by atoms with Crippen molar-refractivity contribution in [3.05, 3.63) is 29.3 Å². The van der Waals surface area contributed by atoms with Crippen LogP contribution in [-0.4, -0.2) is 38.0 Å². The second kappa shape index (κ2) is 6.27. The van der Waals surface area contributed by atoms with Crippen molar-refractivity contribution in [1.29, 1.82) is 0 Å². The van der Waals surface area contributed by atoms with Gasteiger partial charge in [0.05, 0.1) is 18.5 Å². The van der Waals surface area contributed by atoms with Gasteiger partial charge in [-0.15, -0.1) is 0 Å². The number of halogens is 2. The van der Waals surface area contributed by atoms with Crippen molar-refractivity contribution in [3.63, 3.8) is 0 Å². The van der Waals surface area contributed by atoms with E-state index in [1.165, 1.54) is 0 Å². The molecule has 0 unspecified atom stereocenters. The molecule has 0 saturated carbocycles. The molecule has 0 fully saturated rings. The van der Waals surface area contributed by atoms with Gasteiger partial charge in [-0.25, -0.2) is 22.0 Å². The summed E-state index contributed by atoms with van der Waals surface area (Å²) in [6, 6.07) is 1.32. The number of hydrogen-bond acceptors (Lipinski definition) is 4. The molecule has 0 spiro atoms. The third kappa shape index (κ3) is 3.73. The van der Waals surface area contributed by atoms with Crippen molar-refractivity contribution in [2.45, 2.75) is 24.8 Å². The lowest BCUT2D eigenvalue weighted by atomic mass is 10.2. The Morgan fingerprint density at radius 3 is 2.45 bits per heavy atom. The normalized spacial score (nSPS) is 11.8. The summed E-state index contributed by atoms with van der Waals surface area (Å²) in [6.45, 7) is 3.24. The van der Waals surface area contributed by atoms with E-state index in [1.54, 1.807) is 13.8 Å². The summed E-state index contributed by atoms with van der Waals surface area (Å²) in [5.41, 5.74) is -1.28. The fraction of sp³-hybridized carbons (Fsp3) is 0.417. The summed E-state index contributed by atoms with van der Waals surface area (Å²) >= 11 is 0. The predicted molar refractivity (Wildman–Crippen MR) is 66.5 cm³/mol. The molecule has 0 amide bonds. The Hall–Kier alpha value is -1.54. The Morgan fingerprint density at radius 1 is 1.35 bits per heavy atom. The van der Waals surface area contributed by atoms with Crippen LogP contribution in [0.2, 0.25) is 0 Å². The fourth-order valence-electron chi connectivity index (χ4n) is 1.47. The van der Waals surface area contributed by atoms with Crippen molar-refractivity contribution < 1.29 is 31.8 Å². The van der Waals surface area contributed by atoms with Gasteiger partial charge in [0.15, 0.2) is 15.7 Å². The van der Waals surface area contributed by atoms with Crippen molar-refractivity contribution in [2.24, 2.45) is 0 Å². The van der Waals surface area contributed by atoms with E-state index >= 15 is 0 Å². The smallest absolute Gasteiger partial charge is 0.341 e. The molecule has 0 radical (unpaired) electrons. The maximum atomic E-state index is 13.8.